The highest BCUT2D eigenvalue weighted by Gasteiger charge is 2.46. The zero-order valence-electron chi connectivity index (χ0n) is 13.9. The van der Waals surface area contributed by atoms with Gasteiger partial charge in [0.25, 0.3) is 0 Å². The number of amides is 1. The van der Waals surface area contributed by atoms with Crippen molar-refractivity contribution >= 4 is 27.7 Å². The van der Waals surface area contributed by atoms with E-state index in [4.69, 9.17) is 9.47 Å². The molecule has 2 aromatic carbocycles. The van der Waals surface area contributed by atoms with Crippen molar-refractivity contribution in [1.29, 1.82) is 0 Å². The van der Waals surface area contributed by atoms with Gasteiger partial charge in [0.15, 0.2) is 0 Å². The lowest BCUT2D eigenvalue weighted by atomic mass is 9.76. The Labute approximate surface area is 155 Å². The summed E-state index contributed by atoms with van der Waals surface area (Å²) in [6.07, 6.45) is 1.58. The van der Waals surface area contributed by atoms with Crippen LogP contribution in [0.5, 0.6) is 0 Å². The Bertz CT molecular complexity index is 772. The number of benzene rings is 2. The first-order chi connectivity index (χ1) is 12.2. The molecule has 2 aliphatic rings. The van der Waals surface area contributed by atoms with Crippen molar-refractivity contribution in [2.75, 3.05) is 24.7 Å². The molecule has 0 N–H and O–H groups in total. The maximum atomic E-state index is 12.8. The van der Waals surface area contributed by atoms with Crippen LogP contribution in [0.4, 0.5) is 10.5 Å². The summed E-state index contributed by atoms with van der Waals surface area (Å²) in [7, 11) is 0. The van der Waals surface area contributed by atoms with Crippen LogP contribution in [-0.2, 0) is 21.5 Å². The molecular formula is C20H20BrNO3. The maximum absolute atomic E-state index is 12.8. The maximum Gasteiger partial charge on any atom is 0.414 e. The average Bonchev–Trinajstić information content (AvgIpc) is 2.94. The molecule has 0 atom stereocenters. The number of hydrogen-bond donors (Lipinski definition) is 0. The van der Waals surface area contributed by atoms with Crippen LogP contribution in [0, 0.1) is 0 Å². The van der Waals surface area contributed by atoms with Crippen LogP contribution in [0.25, 0.3) is 0 Å². The van der Waals surface area contributed by atoms with Gasteiger partial charge >= 0.3 is 6.09 Å². The predicted octanol–water partition coefficient (Wildman–Crippen LogP) is 4.65. The minimum atomic E-state index is -0.286. The van der Waals surface area contributed by atoms with Gasteiger partial charge in [-0.25, -0.2) is 4.79 Å². The number of rotatable bonds is 2. The minimum Gasteiger partial charge on any atom is -0.444 e. The molecular weight excluding hydrogens is 382 g/mol. The highest BCUT2D eigenvalue weighted by atomic mass is 79.9. The van der Waals surface area contributed by atoms with E-state index in [9.17, 15) is 4.79 Å². The molecule has 1 fully saturated rings. The lowest BCUT2D eigenvalue weighted by Gasteiger charge is -2.34. The molecule has 0 unspecified atom stereocenters. The zero-order chi connectivity index (χ0) is 17.3. The highest BCUT2D eigenvalue weighted by Crippen LogP contribution is 2.47. The van der Waals surface area contributed by atoms with Crippen LogP contribution in [0.3, 0.4) is 0 Å². The first kappa shape index (κ1) is 16.6. The van der Waals surface area contributed by atoms with Gasteiger partial charge in [0.05, 0.1) is 5.69 Å². The molecule has 5 heteroatoms. The molecule has 0 radical (unpaired) electrons. The van der Waals surface area contributed by atoms with Gasteiger partial charge in [-0.2, -0.15) is 0 Å². The van der Waals surface area contributed by atoms with Crippen molar-refractivity contribution in [3.63, 3.8) is 0 Å². The summed E-state index contributed by atoms with van der Waals surface area (Å²) in [5.74, 6) is 0. The lowest BCUT2D eigenvalue weighted by molar-refractivity contribution is 0.0548. The molecule has 0 aromatic heterocycles. The molecule has 2 heterocycles. The van der Waals surface area contributed by atoms with E-state index >= 15 is 0 Å². The van der Waals surface area contributed by atoms with Gasteiger partial charge in [0.1, 0.15) is 6.61 Å². The van der Waals surface area contributed by atoms with E-state index in [0.29, 0.717) is 6.54 Å². The number of hydrogen-bond acceptors (Lipinski definition) is 3. The molecule has 130 valence electrons. The second-order valence-corrected chi connectivity index (χ2v) is 7.60. The third-order valence-electron chi connectivity index (χ3n) is 5.16. The Morgan fingerprint density at radius 1 is 1.16 bits per heavy atom. The first-order valence-corrected chi connectivity index (χ1v) is 9.33. The van der Waals surface area contributed by atoms with E-state index in [1.165, 1.54) is 5.56 Å². The molecule has 1 amide bonds. The monoisotopic (exact) mass is 401 g/mol. The molecule has 2 aromatic rings. The molecule has 25 heavy (non-hydrogen) atoms. The Kier molecular flexibility index (Phi) is 4.52. The van der Waals surface area contributed by atoms with Crippen LogP contribution in [-0.4, -0.2) is 25.9 Å². The number of carbonyl (C=O) groups is 1. The Balaban J connectivity index is 1.57. The fourth-order valence-electron chi connectivity index (χ4n) is 3.80. The van der Waals surface area contributed by atoms with Gasteiger partial charge in [-0.1, -0.05) is 52.3 Å². The minimum absolute atomic E-state index is 0.0138. The number of fused-ring (bicyclic) bond motifs is 2. The van der Waals surface area contributed by atoms with Crippen molar-refractivity contribution in [3.8, 4) is 0 Å². The van der Waals surface area contributed by atoms with Crippen molar-refractivity contribution < 1.29 is 14.3 Å². The van der Waals surface area contributed by atoms with Gasteiger partial charge in [-0.3, -0.25) is 4.90 Å². The number of carbonyl (C=O) groups excluding carboxylic acids is 1. The van der Waals surface area contributed by atoms with Crippen molar-refractivity contribution in [2.45, 2.75) is 24.9 Å². The molecule has 1 spiro atoms. The van der Waals surface area contributed by atoms with Crippen LogP contribution in [0.1, 0.15) is 24.0 Å². The van der Waals surface area contributed by atoms with Crippen molar-refractivity contribution in [3.05, 3.63) is 64.1 Å². The summed E-state index contributed by atoms with van der Waals surface area (Å²) < 4.78 is 12.1. The van der Waals surface area contributed by atoms with Gasteiger partial charge in [-0.05, 0) is 36.1 Å². The van der Waals surface area contributed by atoms with Gasteiger partial charge < -0.3 is 9.47 Å². The summed E-state index contributed by atoms with van der Waals surface area (Å²) in [4.78, 5) is 14.6. The summed E-state index contributed by atoms with van der Waals surface area (Å²) in [5.41, 5.74) is 3.16. The standard InChI is InChI=1S/C20H20BrNO3/c21-16-6-7-17-18(12-16)22(14-20(17)8-10-24-11-9-20)19(23)25-13-15-4-2-1-3-5-15/h1-7,12H,8-11,13-14H2. The molecule has 4 rings (SSSR count). The summed E-state index contributed by atoms with van der Waals surface area (Å²) in [6.45, 7) is 2.43. The van der Waals surface area contributed by atoms with E-state index < -0.39 is 0 Å². The van der Waals surface area contributed by atoms with Crippen molar-refractivity contribution in [1.82, 2.24) is 0 Å². The summed E-state index contributed by atoms with van der Waals surface area (Å²) in [6, 6.07) is 16.0. The molecule has 0 bridgehead atoms. The number of ether oxygens (including phenoxy) is 2. The van der Waals surface area contributed by atoms with E-state index in [1.54, 1.807) is 4.90 Å². The Morgan fingerprint density at radius 2 is 1.92 bits per heavy atom. The van der Waals surface area contributed by atoms with Gasteiger partial charge in [0, 0.05) is 29.6 Å². The molecule has 4 nitrogen and oxygen atoms in total. The average molecular weight is 402 g/mol. The van der Waals surface area contributed by atoms with Gasteiger partial charge in [0.2, 0.25) is 0 Å². The first-order valence-electron chi connectivity index (χ1n) is 8.54. The van der Waals surface area contributed by atoms with E-state index in [1.807, 2.05) is 36.4 Å². The largest absolute Gasteiger partial charge is 0.444 e. The van der Waals surface area contributed by atoms with Crippen LogP contribution >= 0.6 is 15.9 Å². The quantitative estimate of drug-likeness (QED) is 0.734. The van der Waals surface area contributed by atoms with Crippen molar-refractivity contribution in [2.24, 2.45) is 0 Å². The zero-order valence-corrected chi connectivity index (χ0v) is 15.5. The van der Waals surface area contributed by atoms with E-state index in [0.717, 1.165) is 41.8 Å². The highest BCUT2D eigenvalue weighted by molar-refractivity contribution is 9.10. The van der Waals surface area contributed by atoms with E-state index in [2.05, 4.69) is 28.1 Å². The Morgan fingerprint density at radius 3 is 2.68 bits per heavy atom. The third kappa shape index (κ3) is 3.18. The third-order valence-corrected chi connectivity index (χ3v) is 5.65. The molecule has 2 aliphatic heterocycles. The van der Waals surface area contributed by atoms with E-state index in [-0.39, 0.29) is 18.1 Å². The normalized spacial score (nSPS) is 18.2. The molecule has 0 saturated carbocycles. The van der Waals surface area contributed by atoms with Crippen LogP contribution in [0.2, 0.25) is 0 Å². The number of anilines is 1. The van der Waals surface area contributed by atoms with Crippen LogP contribution in [0.15, 0.2) is 53.0 Å². The fraction of sp³-hybridized carbons (Fsp3) is 0.350. The second kappa shape index (κ2) is 6.81. The topological polar surface area (TPSA) is 38.8 Å². The number of halogens is 1. The van der Waals surface area contributed by atoms with Crippen LogP contribution < -0.4 is 4.90 Å². The smallest absolute Gasteiger partial charge is 0.414 e. The molecule has 1 saturated heterocycles. The predicted molar refractivity (Wildman–Crippen MR) is 99.8 cm³/mol. The number of nitrogens with zero attached hydrogens (tertiary/aromatic N) is 1. The lowest BCUT2D eigenvalue weighted by Crippen LogP contribution is -2.40. The summed E-state index contributed by atoms with van der Waals surface area (Å²) >= 11 is 3.53. The fourth-order valence-corrected chi connectivity index (χ4v) is 4.15. The summed E-state index contributed by atoms with van der Waals surface area (Å²) in [5, 5.41) is 0. The van der Waals surface area contributed by atoms with Gasteiger partial charge in [-0.15, -0.1) is 0 Å². The Hall–Kier alpha value is -1.85. The second-order valence-electron chi connectivity index (χ2n) is 6.68. The SMILES string of the molecule is O=C(OCc1ccccc1)N1CC2(CCOCC2)c2ccc(Br)cc21. The molecule has 0 aliphatic carbocycles.